The quantitative estimate of drug-likeness (QED) is 0.874. The topological polar surface area (TPSA) is 26.0 Å². The minimum absolute atomic E-state index is 0.228. The second-order valence-electron chi connectivity index (χ2n) is 5.31. The molecule has 0 heterocycles. The summed E-state index contributed by atoms with van der Waals surface area (Å²) in [6.07, 6.45) is 1.05. The number of rotatable bonds is 4. The van der Waals surface area contributed by atoms with Crippen LogP contribution < -0.4 is 5.73 Å². The van der Waals surface area contributed by atoms with Gasteiger partial charge >= 0.3 is 0 Å². The number of halogens is 1. The highest BCUT2D eigenvalue weighted by molar-refractivity contribution is 5.65. The second-order valence-corrected chi connectivity index (χ2v) is 5.31. The van der Waals surface area contributed by atoms with Crippen molar-refractivity contribution in [3.05, 3.63) is 59.4 Å². The van der Waals surface area contributed by atoms with Crippen molar-refractivity contribution in [3.63, 3.8) is 0 Å². The Labute approximate surface area is 114 Å². The van der Waals surface area contributed by atoms with E-state index in [1.54, 1.807) is 0 Å². The van der Waals surface area contributed by atoms with Crippen LogP contribution >= 0.6 is 0 Å². The Kier molecular flexibility index (Phi) is 4.33. The average molecular weight is 257 g/mol. The van der Waals surface area contributed by atoms with Gasteiger partial charge in [0.05, 0.1) is 0 Å². The SMILES string of the molecule is CC(C)Cc1cccc(-c2ccc(F)c(CN)c2)c1. The third-order valence-corrected chi connectivity index (χ3v) is 3.17. The Morgan fingerprint density at radius 1 is 1.05 bits per heavy atom. The van der Waals surface area contributed by atoms with Gasteiger partial charge < -0.3 is 5.73 Å². The minimum Gasteiger partial charge on any atom is -0.326 e. The van der Waals surface area contributed by atoms with Crippen molar-refractivity contribution in [1.82, 2.24) is 0 Å². The van der Waals surface area contributed by atoms with Crippen LogP contribution in [0.5, 0.6) is 0 Å². The van der Waals surface area contributed by atoms with Crippen molar-refractivity contribution in [2.45, 2.75) is 26.8 Å². The van der Waals surface area contributed by atoms with E-state index in [4.69, 9.17) is 5.73 Å². The normalized spacial score (nSPS) is 11.0. The van der Waals surface area contributed by atoms with Gasteiger partial charge in [0.25, 0.3) is 0 Å². The molecule has 2 aromatic carbocycles. The summed E-state index contributed by atoms with van der Waals surface area (Å²) in [6.45, 7) is 4.64. The molecule has 0 aliphatic heterocycles. The first-order valence-corrected chi connectivity index (χ1v) is 6.68. The molecule has 0 fully saturated rings. The van der Waals surface area contributed by atoms with E-state index in [1.807, 2.05) is 12.1 Å². The van der Waals surface area contributed by atoms with Gasteiger partial charge in [0.15, 0.2) is 0 Å². The molecule has 1 nitrogen and oxygen atoms in total. The molecule has 2 heteroatoms. The van der Waals surface area contributed by atoms with Crippen LogP contribution in [0.2, 0.25) is 0 Å². The first kappa shape index (κ1) is 13.8. The molecule has 0 aliphatic carbocycles. The van der Waals surface area contributed by atoms with E-state index in [2.05, 4.69) is 38.1 Å². The van der Waals surface area contributed by atoms with E-state index in [-0.39, 0.29) is 12.4 Å². The van der Waals surface area contributed by atoms with Crippen LogP contribution in [0.3, 0.4) is 0 Å². The summed E-state index contributed by atoms with van der Waals surface area (Å²) in [5, 5.41) is 0. The fourth-order valence-corrected chi connectivity index (χ4v) is 2.26. The predicted octanol–water partition coefficient (Wildman–Crippen LogP) is 4.15. The van der Waals surface area contributed by atoms with Crippen molar-refractivity contribution in [2.75, 3.05) is 0 Å². The van der Waals surface area contributed by atoms with E-state index in [0.717, 1.165) is 17.5 Å². The lowest BCUT2D eigenvalue weighted by Crippen LogP contribution is -2.00. The van der Waals surface area contributed by atoms with Crippen LogP contribution in [0.1, 0.15) is 25.0 Å². The first-order chi connectivity index (χ1) is 9.10. The van der Waals surface area contributed by atoms with E-state index in [9.17, 15) is 4.39 Å². The zero-order valence-corrected chi connectivity index (χ0v) is 11.5. The number of hydrogen-bond donors (Lipinski definition) is 1. The molecule has 0 saturated carbocycles. The molecule has 0 atom stereocenters. The fourth-order valence-electron chi connectivity index (χ4n) is 2.26. The van der Waals surface area contributed by atoms with Crippen molar-refractivity contribution in [3.8, 4) is 11.1 Å². The Balaban J connectivity index is 2.36. The predicted molar refractivity (Wildman–Crippen MR) is 78.3 cm³/mol. The molecule has 2 rings (SSSR count). The summed E-state index contributed by atoms with van der Waals surface area (Å²) in [4.78, 5) is 0. The molecule has 0 radical (unpaired) electrons. The largest absolute Gasteiger partial charge is 0.326 e. The highest BCUT2D eigenvalue weighted by Crippen LogP contribution is 2.24. The molecule has 100 valence electrons. The van der Waals surface area contributed by atoms with Crippen LogP contribution in [-0.2, 0) is 13.0 Å². The summed E-state index contributed by atoms with van der Waals surface area (Å²) < 4.78 is 13.5. The maximum absolute atomic E-state index is 13.5. The molecule has 0 aliphatic rings. The number of hydrogen-bond acceptors (Lipinski definition) is 1. The summed E-state index contributed by atoms with van der Waals surface area (Å²) >= 11 is 0. The molecule has 0 bridgehead atoms. The number of benzene rings is 2. The van der Waals surface area contributed by atoms with E-state index >= 15 is 0 Å². The van der Waals surface area contributed by atoms with Gasteiger partial charge in [-0.2, -0.15) is 0 Å². The highest BCUT2D eigenvalue weighted by Gasteiger charge is 2.05. The van der Waals surface area contributed by atoms with Gasteiger partial charge in [0.2, 0.25) is 0 Å². The molecule has 0 amide bonds. The summed E-state index contributed by atoms with van der Waals surface area (Å²) in [6, 6.07) is 13.6. The molecule has 0 spiro atoms. The van der Waals surface area contributed by atoms with Crippen LogP contribution in [0, 0.1) is 11.7 Å². The van der Waals surface area contributed by atoms with Crippen molar-refractivity contribution in [1.29, 1.82) is 0 Å². The van der Waals surface area contributed by atoms with Gasteiger partial charge in [-0.3, -0.25) is 0 Å². The molecular weight excluding hydrogens is 237 g/mol. The fraction of sp³-hybridized carbons (Fsp3) is 0.294. The van der Waals surface area contributed by atoms with Crippen molar-refractivity contribution >= 4 is 0 Å². The second kappa shape index (κ2) is 5.98. The lowest BCUT2D eigenvalue weighted by molar-refractivity contribution is 0.611. The summed E-state index contributed by atoms with van der Waals surface area (Å²) in [5.74, 6) is 0.396. The minimum atomic E-state index is -0.232. The molecule has 0 saturated heterocycles. The number of nitrogens with two attached hydrogens (primary N) is 1. The van der Waals surface area contributed by atoms with Crippen molar-refractivity contribution < 1.29 is 4.39 Å². The van der Waals surface area contributed by atoms with Crippen LogP contribution in [0.15, 0.2) is 42.5 Å². The lowest BCUT2D eigenvalue weighted by Gasteiger charge is -2.09. The molecule has 2 N–H and O–H groups in total. The maximum atomic E-state index is 13.5. The standard InChI is InChI=1S/C17H20FN/c1-12(2)8-13-4-3-5-14(9-13)15-6-7-17(18)16(10-15)11-19/h3-7,9-10,12H,8,11,19H2,1-2H3. The van der Waals surface area contributed by atoms with Crippen LogP contribution in [0.25, 0.3) is 11.1 Å². The Hall–Kier alpha value is -1.67. The van der Waals surface area contributed by atoms with Gasteiger partial charge in [-0.05, 0) is 41.2 Å². The summed E-state index contributed by atoms with van der Waals surface area (Å²) in [5.41, 5.74) is 9.57. The third kappa shape index (κ3) is 3.42. The Bertz CT molecular complexity index is 561. The van der Waals surface area contributed by atoms with Gasteiger partial charge in [-0.25, -0.2) is 4.39 Å². The monoisotopic (exact) mass is 257 g/mol. The summed E-state index contributed by atoms with van der Waals surface area (Å²) in [7, 11) is 0. The van der Waals surface area contributed by atoms with Crippen LogP contribution in [0.4, 0.5) is 4.39 Å². The van der Waals surface area contributed by atoms with Gasteiger partial charge in [0, 0.05) is 12.1 Å². The average Bonchev–Trinajstić information content (AvgIpc) is 2.39. The first-order valence-electron chi connectivity index (χ1n) is 6.68. The van der Waals surface area contributed by atoms with E-state index < -0.39 is 0 Å². The van der Waals surface area contributed by atoms with Gasteiger partial charge in [-0.15, -0.1) is 0 Å². The smallest absolute Gasteiger partial charge is 0.127 e. The zero-order chi connectivity index (χ0) is 13.8. The zero-order valence-electron chi connectivity index (χ0n) is 11.5. The Morgan fingerprint density at radius 2 is 1.79 bits per heavy atom. The van der Waals surface area contributed by atoms with E-state index in [0.29, 0.717) is 11.5 Å². The van der Waals surface area contributed by atoms with Crippen molar-refractivity contribution in [2.24, 2.45) is 11.7 Å². The van der Waals surface area contributed by atoms with Crippen LogP contribution in [-0.4, -0.2) is 0 Å². The van der Waals surface area contributed by atoms with Gasteiger partial charge in [0.1, 0.15) is 5.82 Å². The molecule has 0 aromatic heterocycles. The highest BCUT2D eigenvalue weighted by atomic mass is 19.1. The molecule has 2 aromatic rings. The maximum Gasteiger partial charge on any atom is 0.127 e. The molecule has 19 heavy (non-hydrogen) atoms. The lowest BCUT2D eigenvalue weighted by atomic mass is 9.97. The van der Waals surface area contributed by atoms with Gasteiger partial charge in [-0.1, -0.05) is 44.2 Å². The van der Waals surface area contributed by atoms with E-state index in [1.165, 1.54) is 11.6 Å². The Morgan fingerprint density at radius 3 is 2.47 bits per heavy atom. The molecular formula is C17H20FN. The third-order valence-electron chi connectivity index (χ3n) is 3.17. The molecule has 0 unspecified atom stereocenters.